The molecule has 0 saturated carbocycles. The van der Waals surface area contributed by atoms with E-state index in [9.17, 15) is 0 Å². The van der Waals surface area contributed by atoms with Gasteiger partial charge in [0.1, 0.15) is 5.82 Å². The summed E-state index contributed by atoms with van der Waals surface area (Å²) in [5, 5.41) is 8.90. The predicted octanol–water partition coefficient (Wildman–Crippen LogP) is 3.79. The van der Waals surface area contributed by atoms with Crippen LogP contribution in [0.25, 0.3) is 11.0 Å². The van der Waals surface area contributed by atoms with E-state index in [1.54, 1.807) is 10.9 Å². The van der Waals surface area contributed by atoms with E-state index in [0.29, 0.717) is 6.04 Å². The second-order valence-corrected chi connectivity index (χ2v) is 5.43. The Bertz CT molecular complexity index is 566. The molecular weight excluding hydrogens is 274 g/mol. The summed E-state index contributed by atoms with van der Waals surface area (Å²) in [7, 11) is 1.86. The van der Waals surface area contributed by atoms with Crippen molar-refractivity contribution in [3.8, 4) is 0 Å². The fourth-order valence-corrected chi connectivity index (χ4v) is 2.48. The molecule has 0 aliphatic heterocycles. The van der Waals surface area contributed by atoms with Gasteiger partial charge in [-0.15, -0.1) is 0 Å². The lowest BCUT2D eigenvalue weighted by Gasteiger charge is -2.18. The summed E-state index contributed by atoms with van der Waals surface area (Å²) in [6, 6.07) is 0.413. The third-order valence-electron chi connectivity index (χ3n) is 3.55. The Morgan fingerprint density at radius 2 is 2.10 bits per heavy atom. The summed E-state index contributed by atoms with van der Waals surface area (Å²) >= 11 is 6.00. The standard InChI is InChI=1S/C14H22ClN5/c1-4-6-7-8-10(5-2)17-12-11-9-16-20(3)13(11)19-14(15)18-12/h9-10H,4-8H2,1-3H3,(H,17,18,19). The molecular formula is C14H22ClN5. The molecule has 0 saturated heterocycles. The predicted molar refractivity (Wildman–Crippen MR) is 83.2 cm³/mol. The molecule has 0 spiro atoms. The van der Waals surface area contributed by atoms with Crippen LogP contribution in [0.1, 0.15) is 46.0 Å². The van der Waals surface area contributed by atoms with Gasteiger partial charge in [0, 0.05) is 13.1 Å². The molecule has 20 heavy (non-hydrogen) atoms. The van der Waals surface area contributed by atoms with Crippen molar-refractivity contribution in [3.63, 3.8) is 0 Å². The van der Waals surface area contributed by atoms with Gasteiger partial charge in [0.05, 0.1) is 11.6 Å². The zero-order valence-corrected chi connectivity index (χ0v) is 13.1. The minimum absolute atomic E-state index is 0.256. The average Bonchev–Trinajstić information content (AvgIpc) is 2.79. The third kappa shape index (κ3) is 3.39. The van der Waals surface area contributed by atoms with Crippen LogP contribution in [0.3, 0.4) is 0 Å². The van der Waals surface area contributed by atoms with E-state index in [4.69, 9.17) is 11.6 Å². The normalized spacial score (nSPS) is 12.8. The number of hydrogen-bond donors (Lipinski definition) is 1. The Kier molecular flexibility index (Phi) is 5.17. The van der Waals surface area contributed by atoms with Crippen molar-refractivity contribution in [1.82, 2.24) is 19.7 Å². The Morgan fingerprint density at radius 3 is 2.80 bits per heavy atom. The Morgan fingerprint density at radius 1 is 1.30 bits per heavy atom. The van der Waals surface area contributed by atoms with Crippen molar-refractivity contribution in [2.45, 2.75) is 52.0 Å². The molecule has 0 aliphatic rings. The Balaban J connectivity index is 2.19. The first-order valence-corrected chi connectivity index (χ1v) is 7.65. The molecule has 0 bridgehead atoms. The Hall–Kier alpha value is -1.36. The number of unbranched alkanes of at least 4 members (excludes halogenated alkanes) is 2. The minimum atomic E-state index is 0.256. The fourth-order valence-electron chi connectivity index (χ4n) is 2.32. The first-order chi connectivity index (χ1) is 9.65. The summed E-state index contributed by atoms with van der Waals surface area (Å²) < 4.78 is 1.71. The molecule has 5 nitrogen and oxygen atoms in total. The van der Waals surface area contributed by atoms with E-state index < -0.39 is 0 Å². The van der Waals surface area contributed by atoms with E-state index in [1.165, 1.54) is 19.3 Å². The molecule has 2 aromatic rings. The summed E-state index contributed by atoms with van der Waals surface area (Å²) in [6.07, 6.45) is 7.73. The highest BCUT2D eigenvalue weighted by Crippen LogP contribution is 2.23. The zero-order valence-electron chi connectivity index (χ0n) is 12.4. The van der Waals surface area contributed by atoms with Gasteiger partial charge in [-0.05, 0) is 24.4 Å². The summed E-state index contributed by atoms with van der Waals surface area (Å²) in [6.45, 7) is 4.41. The molecule has 6 heteroatoms. The van der Waals surface area contributed by atoms with Gasteiger partial charge >= 0.3 is 0 Å². The van der Waals surface area contributed by atoms with Gasteiger partial charge in [0.2, 0.25) is 5.28 Å². The number of nitrogens with zero attached hydrogens (tertiary/aromatic N) is 4. The second-order valence-electron chi connectivity index (χ2n) is 5.09. The minimum Gasteiger partial charge on any atom is -0.367 e. The van der Waals surface area contributed by atoms with Crippen molar-refractivity contribution < 1.29 is 0 Å². The van der Waals surface area contributed by atoms with E-state index >= 15 is 0 Å². The van der Waals surface area contributed by atoms with Crippen LogP contribution in [0.15, 0.2) is 6.20 Å². The van der Waals surface area contributed by atoms with Crippen LogP contribution in [-0.2, 0) is 7.05 Å². The number of halogens is 1. The monoisotopic (exact) mass is 295 g/mol. The van der Waals surface area contributed by atoms with Gasteiger partial charge in [-0.2, -0.15) is 15.1 Å². The van der Waals surface area contributed by atoms with Crippen molar-refractivity contribution in [1.29, 1.82) is 0 Å². The van der Waals surface area contributed by atoms with Gasteiger partial charge in [-0.25, -0.2) is 0 Å². The topological polar surface area (TPSA) is 55.6 Å². The van der Waals surface area contributed by atoms with Gasteiger partial charge in [-0.3, -0.25) is 4.68 Å². The van der Waals surface area contributed by atoms with E-state index in [1.807, 2.05) is 7.05 Å². The van der Waals surface area contributed by atoms with Crippen LogP contribution in [-0.4, -0.2) is 25.8 Å². The number of fused-ring (bicyclic) bond motifs is 1. The maximum atomic E-state index is 6.00. The highest BCUT2D eigenvalue weighted by molar-refractivity contribution is 6.28. The van der Waals surface area contributed by atoms with Gasteiger partial charge in [0.15, 0.2) is 5.65 Å². The van der Waals surface area contributed by atoms with Crippen molar-refractivity contribution in [2.24, 2.45) is 7.05 Å². The molecule has 1 N–H and O–H groups in total. The number of rotatable bonds is 7. The SMILES string of the molecule is CCCCCC(CC)Nc1nc(Cl)nc2c1cnn2C. The lowest BCUT2D eigenvalue weighted by Crippen LogP contribution is -2.19. The van der Waals surface area contributed by atoms with Crippen molar-refractivity contribution >= 4 is 28.5 Å². The highest BCUT2D eigenvalue weighted by atomic mass is 35.5. The maximum Gasteiger partial charge on any atom is 0.226 e. The highest BCUT2D eigenvalue weighted by Gasteiger charge is 2.13. The van der Waals surface area contributed by atoms with Crippen molar-refractivity contribution in [3.05, 3.63) is 11.5 Å². The molecule has 0 radical (unpaired) electrons. The van der Waals surface area contributed by atoms with Gasteiger partial charge in [0.25, 0.3) is 0 Å². The zero-order chi connectivity index (χ0) is 14.5. The van der Waals surface area contributed by atoms with Crippen molar-refractivity contribution in [2.75, 3.05) is 5.32 Å². The fraction of sp³-hybridized carbons (Fsp3) is 0.643. The average molecular weight is 296 g/mol. The molecule has 0 fully saturated rings. The number of hydrogen-bond acceptors (Lipinski definition) is 4. The summed E-state index contributed by atoms with van der Waals surface area (Å²) in [4.78, 5) is 8.54. The lowest BCUT2D eigenvalue weighted by atomic mass is 10.1. The third-order valence-corrected chi connectivity index (χ3v) is 3.72. The molecule has 1 atom stereocenters. The van der Waals surface area contributed by atoms with Crippen LogP contribution in [0.2, 0.25) is 5.28 Å². The molecule has 1 unspecified atom stereocenters. The Labute approximate surface area is 124 Å². The molecule has 2 rings (SSSR count). The molecule has 110 valence electrons. The van der Waals surface area contributed by atoms with Gasteiger partial charge < -0.3 is 5.32 Å². The van der Waals surface area contributed by atoms with Gasteiger partial charge in [-0.1, -0.05) is 33.1 Å². The summed E-state index contributed by atoms with van der Waals surface area (Å²) in [5.41, 5.74) is 0.760. The van der Waals surface area contributed by atoms with E-state index in [0.717, 1.165) is 29.7 Å². The molecule has 0 aromatic carbocycles. The first-order valence-electron chi connectivity index (χ1n) is 7.27. The maximum absolute atomic E-state index is 6.00. The largest absolute Gasteiger partial charge is 0.367 e. The molecule has 2 aromatic heterocycles. The molecule has 0 amide bonds. The second kappa shape index (κ2) is 6.88. The number of aryl methyl sites for hydroxylation is 1. The number of aromatic nitrogens is 4. The number of nitrogens with one attached hydrogen (secondary N) is 1. The van der Waals surface area contributed by atoms with Crippen LogP contribution < -0.4 is 5.32 Å². The lowest BCUT2D eigenvalue weighted by molar-refractivity contribution is 0.573. The van der Waals surface area contributed by atoms with Crippen LogP contribution >= 0.6 is 11.6 Å². The first kappa shape index (κ1) is 15.0. The molecule has 2 heterocycles. The summed E-state index contributed by atoms with van der Waals surface area (Å²) in [5.74, 6) is 0.788. The smallest absolute Gasteiger partial charge is 0.226 e. The van der Waals surface area contributed by atoms with Crippen LogP contribution in [0, 0.1) is 0 Å². The van der Waals surface area contributed by atoms with Crippen LogP contribution in [0.5, 0.6) is 0 Å². The van der Waals surface area contributed by atoms with Crippen LogP contribution in [0.4, 0.5) is 5.82 Å². The number of anilines is 1. The van der Waals surface area contributed by atoms with E-state index in [-0.39, 0.29) is 5.28 Å². The van der Waals surface area contributed by atoms with E-state index in [2.05, 4.69) is 34.2 Å². The molecule has 0 aliphatic carbocycles. The quantitative estimate of drug-likeness (QED) is 0.624.